The number of nitrogens with zero attached hydrogens (tertiary/aromatic N) is 2. The predicted molar refractivity (Wildman–Crippen MR) is 103 cm³/mol. The van der Waals surface area contributed by atoms with Crippen molar-refractivity contribution in [2.75, 3.05) is 0 Å². The van der Waals surface area contributed by atoms with Crippen LogP contribution in [-0.4, -0.2) is 21.0 Å². The number of nitrogens with one attached hydrogen (secondary N) is 1. The summed E-state index contributed by atoms with van der Waals surface area (Å²) in [5, 5.41) is 18.8. The number of carboxylic acids is 1. The maximum Gasteiger partial charge on any atom is 0.335 e. The molecule has 2 N–H and O–H groups in total. The summed E-state index contributed by atoms with van der Waals surface area (Å²) < 4.78 is 0. The van der Waals surface area contributed by atoms with Gasteiger partial charge < -0.3 is 10.1 Å². The molecule has 27 heavy (non-hydrogen) atoms. The fraction of sp³-hybridized carbons (Fsp3) is 0.100. The van der Waals surface area contributed by atoms with Gasteiger partial charge in [-0.2, -0.15) is 5.26 Å². The summed E-state index contributed by atoms with van der Waals surface area (Å²) in [6.07, 6.45) is 0. The van der Waals surface area contributed by atoms with Crippen molar-refractivity contribution in [1.82, 2.24) is 9.97 Å². The molecule has 2 aromatic carbocycles. The highest BCUT2D eigenvalue weighted by atomic mass is 32.2. The second kappa shape index (κ2) is 7.89. The smallest absolute Gasteiger partial charge is 0.335 e. The molecule has 134 valence electrons. The van der Waals surface area contributed by atoms with E-state index in [1.54, 1.807) is 12.1 Å². The van der Waals surface area contributed by atoms with Crippen LogP contribution in [0.5, 0.6) is 0 Å². The zero-order chi connectivity index (χ0) is 19.4. The normalized spacial score (nSPS) is 10.4. The van der Waals surface area contributed by atoms with Crippen LogP contribution in [0, 0.1) is 18.3 Å². The summed E-state index contributed by atoms with van der Waals surface area (Å²) in [7, 11) is 0. The minimum absolute atomic E-state index is 0.0314. The van der Waals surface area contributed by atoms with Gasteiger partial charge in [0.25, 0.3) is 5.56 Å². The summed E-state index contributed by atoms with van der Waals surface area (Å²) in [5.74, 6) is -0.558. The Morgan fingerprint density at radius 3 is 2.67 bits per heavy atom. The molecule has 1 heterocycles. The van der Waals surface area contributed by atoms with Crippen LogP contribution < -0.4 is 5.56 Å². The number of thioether (sulfide) groups is 1. The topological polar surface area (TPSA) is 107 Å². The van der Waals surface area contributed by atoms with E-state index < -0.39 is 11.5 Å². The molecule has 0 spiro atoms. The third kappa shape index (κ3) is 4.25. The number of benzene rings is 2. The first-order valence-electron chi connectivity index (χ1n) is 8.04. The molecule has 0 amide bonds. The zero-order valence-corrected chi connectivity index (χ0v) is 15.2. The van der Waals surface area contributed by atoms with Crippen molar-refractivity contribution in [1.29, 1.82) is 5.26 Å². The van der Waals surface area contributed by atoms with E-state index in [-0.39, 0.29) is 11.1 Å². The SMILES string of the molecule is Cc1ccc(-c2nc(SCc3cccc(C(=O)O)c3)[nH]c(=O)c2C#N)cc1. The molecule has 3 rings (SSSR count). The number of rotatable bonds is 5. The van der Waals surface area contributed by atoms with Crippen LogP contribution in [0.15, 0.2) is 58.5 Å². The number of aryl methyl sites for hydroxylation is 1. The minimum Gasteiger partial charge on any atom is -0.478 e. The van der Waals surface area contributed by atoms with Gasteiger partial charge in [-0.25, -0.2) is 9.78 Å². The quantitative estimate of drug-likeness (QED) is 0.520. The first-order chi connectivity index (χ1) is 13.0. The molecule has 0 radical (unpaired) electrons. The molecule has 3 aromatic rings. The van der Waals surface area contributed by atoms with Crippen LogP contribution in [0.2, 0.25) is 0 Å². The second-order valence-corrected chi connectivity index (χ2v) is 6.83. The van der Waals surface area contributed by atoms with E-state index in [9.17, 15) is 14.9 Å². The number of nitriles is 1. The highest BCUT2D eigenvalue weighted by Crippen LogP contribution is 2.24. The maximum absolute atomic E-state index is 12.3. The third-order valence-electron chi connectivity index (χ3n) is 3.88. The lowest BCUT2D eigenvalue weighted by Crippen LogP contribution is -2.14. The van der Waals surface area contributed by atoms with Crippen LogP contribution >= 0.6 is 11.8 Å². The Morgan fingerprint density at radius 2 is 2.00 bits per heavy atom. The van der Waals surface area contributed by atoms with Gasteiger partial charge in [0.05, 0.1) is 11.3 Å². The average molecular weight is 377 g/mol. The van der Waals surface area contributed by atoms with Crippen molar-refractivity contribution < 1.29 is 9.90 Å². The van der Waals surface area contributed by atoms with Crippen LogP contribution in [0.4, 0.5) is 0 Å². The van der Waals surface area contributed by atoms with E-state index in [1.807, 2.05) is 43.3 Å². The van der Waals surface area contributed by atoms with Crippen molar-refractivity contribution in [2.24, 2.45) is 0 Å². The van der Waals surface area contributed by atoms with Gasteiger partial charge in [0.1, 0.15) is 11.6 Å². The number of aromatic nitrogens is 2. The predicted octanol–water partition coefficient (Wildman–Crippen LogP) is 3.61. The molecule has 0 saturated heterocycles. The monoisotopic (exact) mass is 377 g/mol. The minimum atomic E-state index is -0.992. The first kappa shape index (κ1) is 18.4. The number of hydrogen-bond acceptors (Lipinski definition) is 5. The molecular weight excluding hydrogens is 362 g/mol. The number of H-pyrrole nitrogens is 1. The van der Waals surface area contributed by atoms with Crippen molar-refractivity contribution in [3.05, 3.63) is 81.1 Å². The summed E-state index contributed by atoms with van der Waals surface area (Å²) in [6, 6.07) is 15.9. The molecule has 0 unspecified atom stereocenters. The van der Waals surface area contributed by atoms with E-state index in [2.05, 4.69) is 9.97 Å². The van der Waals surface area contributed by atoms with Crippen molar-refractivity contribution in [3.63, 3.8) is 0 Å². The van der Waals surface area contributed by atoms with E-state index in [4.69, 9.17) is 5.11 Å². The van der Waals surface area contributed by atoms with Gasteiger partial charge >= 0.3 is 5.97 Å². The Bertz CT molecular complexity index is 1100. The summed E-state index contributed by atoms with van der Waals surface area (Å²) >= 11 is 1.27. The van der Waals surface area contributed by atoms with Crippen molar-refractivity contribution >= 4 is 17.7 Å². The molecule has 0 aliphatic rings. The number of aromatic amines is 1. The maximum atomic E-state index is 12.3. The Hall–Kier alpha value is -3.37. The standard InChI is InChI=1S/C20H15N3O3S/c1-12-5-7-14(8-6-12)17-16(10-21)18(24)23-20(22-17)27-11-13-3-2-4-15(9-13)19(25)26/h2-9H,11H2,1H3,(H,25,26)(H,22,23,24). The lowest BCUT2D eigenvalue weighted by atomic mass is 10.1. The molecular formula is C20H15N3O3S. The highest BCUT2D eigenvalue weighted by Gasteiger charge is 2.14. The van der Waals surface area contributed by atoms with E-state index in [1.165, 1.54) is 17.8 Å². The second-order valence-electron chi connectivity index (χ2n) is 5.87. The molecule has 0 atom stereocenters. The Balaban J connectivity index is 1.92. The summed E-state index contributed by atoms with van der Waals surface area (Å²) in [5.41, 5.74) is 2.57. The molecule has 0 aliphatic heterocycles. The zero-order valence-electron chi connectivity index (χ0n) is 14.4. The van der Waals surface area contributed by atoms with E-state index in [0.29, 0.717) is 22.2 Å². The first-order valence-corrected chi connectivity index (χ1v) is 9.03. The Morgan fingerprint density at radius 1 is 1.26 bits per heavy atom. The van der Waals surface area contributed by atoms with Crippen LogP contribution in [0.3, 0.4) is 0 Å². The third-order valence-corrected chi connectivity index (χ3v) is 4.83. The van der Waals surface area contributed by atoms with Gasteiger partial charge in [0.15, 0.2) is 5.16 Å². The highest BCUT2D eigenvalue weighted by molar-refractivity contribution is 7.98. The summed E-state index contributed by atoms with van der Waals surface area (Å²) in [4.78, 5) is 30.4. The van der Waals surface area contributed by atoms with Gasteiger partial charge in [0, 0.05) is 11.3 Å². The number of aromatic carboxylic acids is 1. The molecule has 6 nitrogen and oxygen atoms in total. The number of carbonyl (C=O) groups is 1. The molecule has 0 aliphatic carbocycles. The van der Waals surface area contributed by atoms with Gasteiger partial charge in [0.2, 0.25) is 0 Å². The molecule has 1 aromatic heterocycles. The Kier molecular flexibility index (Phi) is 5.38. The molecule has 0 saturated carbocycles. The largest absolute Gasteiger partial charge is 0.478 e. The average Bonchev–Trinajstić information content (AvgIpc) is 2.66. The van der Waals surface area contributed by atoms with Gasteiger partial charge in [-0.3, -0.25) is 4.79 Å². The van der Waals surface area contributed by atoms with Crippen LogP contribution in [-0.2, 0) is 5.75 Å². The van der Waals surface area contributed by atoms with Crippen LogP contribution in [0.25, 0.3) is 11.3 Å². The molecule has 0 fully saturated rings. The fourth-order valence-electron chi connectivity index (χ4n) is 2.49. The number of carboxylic acid groups (broad SMARTS) is 1. The van der Waals surface area contributed by atoms with Crippen LogP contribution in [0.1, 0.15) is 27.0 Å². The number of hydrogen-bond donors (Lipinski definition) is 2. The van der Waals surface area contributed by atoms with Gasteiger partial charge in [-0.1, -0.05) is 53.7 Å². The molecule has 7 heteroatoms. The molecule has 0 bridgehead atoms. The van der Waals surface area contributed by atoms with Crippen molar-refractivity contribution in [2.45, 2.75) is 17.8 Å². The summed E-state index contributed by atoms with van der Waals surface area (Å²) in [6.45, 7) is 1.95. The van der Waals surface area contributed by atoms with E-state index in [0.717, 1.165) is 11.1 Å². The van der Waals surface area contributed by atoms with Crippen molar-refractivity contribution in [3.8, 4) is 17.3 Å². The Labute approximate surface area is 159 Å². The van der Waals surface area contributed by atoms with Gasteiger partial charge in [-0.05, 0) is 24.6 Å². The van der Waals surface area contributed by atoms with E-state index >= 15 is 0 Å². The lowest BCUT2D eigenvalue weighted by Gasteiger charge is -2.07. The fourth-order valence-corrected chi connectivity index (χ4v) is 3.29. The van der Waals surface area contributed by atoms with Gasteiger partial charge in [-0.15, -0.1) is 0 Å². The lowest BCUT2D eigenvalue weighted by molar-refractivity contribution is 0.0697.